The Hall–Kier alpha value is -2.41. The van der Waals surface area contributed by atoms with Gasteiger partial charge in [-0.1, -0.05) is 37.3 Å². The number of benzene rings is 1. The van der Waals surface area contributed by atoms with Crippen molar-refractivity contribution in [3.05, 3.63) is 52.0 Å². The first-order chi connectivity index (χ1) is 13.7. The summed E-state index contributed by atoms with van der Waals surface area (Å²) in [4.78, 5) is 23.1. The van der Waals surface area contributed by atoms with Crippen molar-refractivity contribution in [1.29, 1.82) is 0 Å². The highest BCUT2D eigenvalue weighted by Gasteiger charge is 2.29. The number of thiazole rings is 1. The Morgan fingerprint density at radius 3 is 2.86 bits per heavy atom. The van der Waals surface area contributed by atoms with Crippen LogP contribution in [0.3, 0.4) is 0 Å². The standard InChI is InChI=1S/C21H29N5OS/c1-3-19-25-18(15-28-19)13-24-21(22-2)23-12-17-11-20(27)26(14-17)10-9-16-7-5-4-6-8-16/h4-8,15,17H,3,9-14H2,1-2H3,(H2,22,23,24). The van der Waals surface area contributed by atoms with E-state index in [0.29, 0.717) is 18.9 Å². The SMILES string of the molecule is CCc1nc(CNC(=NC)NCC2CC(=O)N(CCc3ccccc3)C2)cs1. The van der Waals surface area contributed by atoms with Gasteiger partial charge in [0.1, 0.15) is 0 Å². The van der Waals surface area contributed by atoms with Crippen LogP contribution in [0.1, 0.15) is 29.6 Å². The molecule has 1 aliphatic rings. The van der Waals surface area contributed by atoms with Gasteiger partial charge in [0.2, 0.25) is 5.91 Å². The van der Waals surface area contributed by atoms with Crippen molar-refractivity contribution in [2.45, 2.75) is 32.7 Å². The average molecular weight is 400 g/mol. The molecule has 2 heterocycles. The first-order valence-electron chi connectivity index (χ1n) is 9.87. The molecule has 1 atom stereocenters. The second-order valence-electron chi connectivity index (χ2n) is 7.04. The number of nitrogens with one attached hydrogen (secondary N) is 2. The zero-order valence-corrected chi connectivity index (χ0v) is 17.5. The Bertz CT molecular complexity index is 789. The van der Waals surface area contributed by atoms with Crippen molar-refractivity contribution in [3.8, 4) is 0 Å². The van der Waals surface area contributed by atoms with Crippen LogP contribution in [-0.4, -0.2) is 48.4 Å². The molecule has 1 aromatic carbocycles. The zero-order chi connectivity index (χ0) is 19.8. The molecule has 0 aliphatic carbocycles. The fourth-order valence-corrected chi connectivity index (χ4v) is 4.09. The van der Waals surface area contributed by atoms with Gasteiger partial charge in [0.25, 0.3) is 0 Å². The molecule has 1 unspecified atom stereocenters. The van der Waals surface area contributed by atoms with Crippen LogP contribution in [0.15, 0.2) is 40.7 Å². The predicted octanol–water partition coefficient (Wildman–Crippen LogP) is 2.46. The lowest BCUT2D eigenvalue weighted by molar-refractivity contribution is -0.127. The van der Waals surface area contributed by atoms with E-state index in [2.05, 4.69) is 45.0 Å². The molecule has 2 N–H and O–H groups in total. The molecule has 28 heavy (non-hydrogen) atoms. The van der Waals surface area contributed by atoms with Crippen molar-refractivity contribution >= 4 is 23.2 Å². The third-order valence-corrected chi connectivity index (χ3v) is 5.97. The van der Waals surface area contributed by atoms with Crippen LogP contribution in [-0.2, 0) is 24.2 Å². The molecule has 0 bridgehead atoms. The highest BCUT2D eigenvalue weighted by atomic mass is 32.1. The summed E-state index contributed by atoms with van der Waals surface area (Å²) in [6, 6.07) is 10.3. The van der Waals surface area contributed by atoms with Crippen LogP contribution < -0.4 is 10.6 Å². The summed E-state index contributed by atoms with van der Waals surface area (Å²) in [5.74, 6) is 1.31. The van der Waals surface area contributed by atoms with E-state index in [4.69, 9.17) is 0 Å². The Morgan fingerprint density at radius 1 is 1.32 bits per heavy atom. The van der Waals surface area contributed by atoms with Crippen LogP contribution in [0.5, 0.6) is 0 Å². The van der Waals surface area contributed by atoms with Gasteiger partial charge < -0.3 is 15.5 Å². The minimum Gasteiger partial charge on any atom is -0.356 e. The molecule has 1 saturated heterocycles. The van der Waals surface area contributed by atoms with Gasteiger partial charge in [0.05, 0.1) is 17.2 Å². The molecule has 0 spiro atoms. The third kappa shape index (κ3) is 5.79. The molecule has 0 radical (unpaired) electrons. The van der Waals surface area contributed by atoms with Crippen LogP contribution in [0.25, 0.3) is 0 Å². The molecular formula is C21H29N5OS. The topological polar surface area (TPSA) is 69.6 Å². The van der Waals surface area contributed by atoms with Gasteiger partial charge in [-0.15, -0.1) is 11.3 Å². The monoisotopic (exact) mass is 399 g/mol. The number of carbonyl (C=O) groups is 1. The lowest BCUT2D eigenvalue weighted by atomic mass is 10.1. The minimum absolute atomic E-state index is 0.250. The number of rotatable bonds is 8. The van der Waals surface area contributed by atoms with E-state index in [-0.39, 0.29) is 5.91 Å². The number of hydrogen-bond acceptors (Lipinski definition) is 4. The molecule has 1 aliphatic heterocycles. The van der Waals surface area contributed by atoms with Gasteiger partial charge in [-0.25, -0.2) is 4.98 Å². The summed E-state index contributed by atoms with van der Waals surface area (Å²) in [6.45, 7) is 5.10. The molecule has 1 aromatic heterocycles. The summed E-state index contributed by atoms with van der Waals surface area (Å²) in [6.07, 6.45) is 2.47. The van der Waals surface area contributed by atoms with Crippen LogP contribution in [0, 0.1) is 5.92 Å². The molecule has 1 amide bonds. The fourth-order valence-electron chi connectivity index (χ4n) is 3.34. The van der Waals surface area contributed by atoms with Gasteiger partial charge >= 0.3 is 0 Å². The Balaban J connectivity index is 1.40. The molecule has 7 heteroatoms. The molecule has 3 rings (SSSR count). The normalized spacial score (nSPS) is 17.2. The van der Waals surface area contributed by atoms with Gasteiger partial charge in [0.15, 0.2) is 5.96 Å². The highest BCUT2D eigenvalue weighted by Crippen LogP contribution is 2.17. The van der Waals surface area contributed by atoms with Gasteiger partial charge in [0, 0.05) is 44.4 Å². The largest absolute Gasteiger partial charge is 0.356 e. The first kappa shape index (κ1) is 20.3. The number of carbonyl (C=O) groups excluding carboxylic acids is 1. The smallest absolute Gasteiger partial charge is 0.223 e. The van der Waals surface area contributed by atoms with E-state index in [9.17, 15) is 4.79 Å². The average Bonchev–Trinajstić information content (AvgIpc) is 3.33. The molecule has 150 valence electrons. The number of likely N-dealkylation sites (tertiary alicyclic amines) is 1. The van der Waals surface area contributed by atoms with Crippen molar-refractivity contribution in [1.82, 2.24) is 20.5 Å². The van der Waals surface area contributed by atoms with Crippen LogP contribution in [0.2, 0.25) is 0 Å². The molecule has 1 fully saturated rings. The number of nitrogens with zero attached hydrogens (tertiary/aromatic N) is 3. The van der Waals surface area contributed by atoms with E-state index in [0.717, 1.165) is 49.1 Å². The van der Waals surface area contributed by atoms with Crippen molar-refractivity contribution in [2.24, 2.45) is 10.9 Å². The molecule has 6 nitrogen and oxygen atoms in total. The highest BCUT2D eigenvalue weighted by molar-refractivity contribution is 7.09. The fraction of sp³-hybridized carbons (Fsp3) is 0.476. The molecule has 2 aromatic rings. The summed E-state index contributed by atoms with van der Waals surface area (Å²) in [5, 5.41) is 9.89. The maximum absolute atomic E-state index is 12.3. The van der Waals surface area contributed by atoms with Crippen molar-refractivity contribution in [2.75, 3.05) is 26.7 Å². The van der Waals surface area contributed by atoms with Gasteiger partial charge in [-0.3, -0.25) is 9.79 Å². The Labute approximate surface area is 171 Å². The van der Waals surface area contributed by atoms with E-state index >= 15 is 0 Å². The Kier molecular flexibility index (Phi) is 7.42. The lowest BCUT2D eigenvalue weighted by Crippen LogP contribution is -2.40. The summed E-state index contributed by atoms with van der Waals surface area (Å²) in [5.41, 5.74) is 2.31. The predicted molar refractivity (Wildman–Crippen MR) is 115 cm³/mol. The number of aliphatic imine (C=N–C) groups is 1. The first-order valence-corrected chi connectivity index (χ1v) is 10.8. The molecule has 0 saturated carbocycles. The van der Waals surface area contributed by atoms with Gasteiger partial charge in [-0.2, -0.15) is 0 Å². The van der Waals surface area contributed by atoms with Crippen LogP contribution >= 0.6 is 11.3 Å². The van der Waals surface area contributed by atoms with E-state index in [1.165, 1.54) is 5.56 Å². The van der Waals surface area contributed by atoms with Crippen molar-refractivity contribution in [3.63, 3.8) is 0 Å². The number of hydrogen-bond donors (Lipinski definition) is 2. The number of amides is 1. The van der Waals surface area contributed by atoms with E-state index < -0.39 is 0 Å². The lowest BCUT2D eigenvalue weighted by Gasteiger charge is -2.17. The molecular weight excluding hydrogens is 370 g/mol. The van der Waals surface area contributed by atoms with Crippen molar-refractivity contribution < 1.29 is 4.79 Å². The van der Waals surface area contributed by atoms with Crippen LogP contribution in [0.4, 0.5) is 0 Å². The number of guanidine groups is 1. The second-order valence-corrected chi connectivity index (χ2v) is 7.98. The second kappa shape index (κ2) is 10.2. The summed E-state index contributed by atoms with van der Waals surface area (Å²) in [7, 11) is 1.76. The van der Waals surface area contributed by atoms with Gasteiger partial charge in [-0.05, 0) is 18.4 Å². The number of aryl methyl sites for hydroxylation is 1. The maximum atomic E-state index is 12.3. The number of aromatic nitrogens is 1. The zero-order valence-electron chi connectivity index (χ0n) is 16.6. The minimum atomic E-state index is 0.250. The van der Waals surface area contributed by atoms with E-state index in [1.807, 2.05) is 23.1 Å². The Morgan fingerprint density at radius 2 is 2.14 bits per heavy atom. The van der Waals surface area contributed by atoms with E-state index in [1.54, 1.807) is 18.4 Å². The third-order valence-electron chi connectivity index (χ3n) is 4.93. The quantitative estimate of drug-likeness (QED) is 0.528. The summed E-state index contributed by atoms with van der Waals surface area (Å²) >= 11 is 1.69. The maximum Gasteiger partial charge on any atom is 0.223 e. The summed E-state index contributed by atoms with van der Waals surface area (Å²) < 4.78 is 0.